The van der Waals surface area contributed by atoms with Gasteiger partial charge in [0.2, 0.25) is 0 Å². The zero-order valence-corrected chi connectivity index (χ0v) is 7.88. The summed E-state index contributed by atoms with van der Waals surface area (Å²) >= 11 is 0. The number of hydrogen-bond donors (Lipinski definition) is 1. The van der Waals surface area contributed by atoms with E-state index in [9.17, 15) is 13.2 Å². The fourth-order valence-corrected chi connectivity index (χ4v) is 1.45. The van der Waals surface area contributed by atoms with Crippen LogP contribution in [0.15, 0.2) is 0 Å². The van der Waals surface area contributed by atoms with Crippen molar-refractivity contribution in [1.29, 1.82) is 0 Å². The zero-order valence-electron chi connectivity index (χ0n) is 7.06. The van der Waals surface area contributed by atoms with Gasteiger partial charge in [0.1, 0.15) is 0 Å². The van der Waals surface area contributed by atoms with Gasteiger partial charge in [0.25, 0.3) is 0 Å². The highest BCUT2D eigenvalue weighted by Gasteiger charge is 2.36. The third-order valence-corrected chi connectivity index (χ3v) is 2.12. The van der Waals surface area contributed by atoms with Crippen molar-refractivity contribution in [3.05, 3.63) is 0 Å². The van der Waals surface area contributed by atoms with E-state index in [0.717, 1.165) is 12.8 Å². The van der Waals surface area contributed by atoms with Crippen LogP contribution in [0.5, 0.6) is 0 Å². The third-order valence-electron chi connectivity index (χ3n) is 2.12. The molecule has 0 aromatic heterocycles. The maximum absolute atomic E-state index is 11.6. The zero-order chi connectivity index (χ0) is 9.24. The lowest BCUT2D eigenvalue weighted by Gasteiger charge is -2.23. The summed E-state index contributed by atoms with van der Waals surface area (Å²) in [7, 11) is 0. The largest absolute Gasteiger partial charge is 0.522 e. The maximum atomic E-state index is 11.6. The number of halogens is 4. The smallest absolute Gasteiger partial charge is 0.323 e. The Hall–Kier alpha value is -0.0000000000000000555. The van der Waals surface area contributed by atoms with E-state index in [-0.39, 0.29) is 12.4 Å². The molecule has 0 radical (unpaired) electrons. The van der Waals surface area contributed by atoms with Gasteiger partial charge in [-0.05, 0) is 12.8 Å². The summed E-state index contributed by atoms with van der Waals surface area (Å²) in [6.07, 6.45) is -1.49. The molecule has 6 heteroatoms. The minimum absolute atomic E-state index is 0. The first-order chi connectivity index (χ1) is 5.41. The van der Waals surface area contributed by atoms with Crippen molar-refractivity contribution in [3.8, 4) is 0 Å². The van der Waals surface area contributed by atoms with Gasteiger partial charge in [0, 0.05) is 5.54 Å². The molecule has 1 rings (SSSR count). The fourth-order valence-electron chi connectivity index (χ4n) is 1.45. The van der Waals surface area contributed by atoms with E-state index < -0.39 is 18.5 Å². The molecule has 2 nitrogen and oxygen atoms in total. The third kappa shape index (κ3) is 4.69. The standard InChI is InChI=1S/C7H12F3NO.ClH/c8-7(9,10)12-5-6(11)3-1-2-4-6;/h1-5,11H2;1H. The minimum Gasteiger partial charge on any atom is -0.323 e. The van der Waals surface area contributed by atoms with Crippen molar-refractivity contribution in [2.24, 2.45) is 5.73 Å². The first kappa shape index (κ1) is 13.0. The van der Waals surface area contributed by atoms with E-state index in [4.69, 9.17) is 5.73 Å². The lowest BCUT2D eigenvalue weighted by molar-refractivity contribution is -0.329. The van der Waals surface area contributed by atoms with E-state index in [2.05, 4.69) is 4.74 Å². The quantitative estimate of drug-likeness (QED) is 0.773. The Morgan fingerprint density at radius 3 is 2.08 bits per heavy atom. The summed E-state index contributed by atoms with van der Waals surface area (Å²) in [5.41, 5.74) is 4.90. The molecule has 80 valence electrons. The van der Waals surface area contributed by atoms with Gasteiger partial charge in [-0.1, -0.05) is 12.8 Å². The second-order valence-electron chi connectivity index (χ2n) is 3.30. The maximum Gasteiger partial charge on any atom is 0.522 e. The summed E-state index contributed by atoms with van der Waals surface area (Å²) in [6.45, 7) is -0.406. The molecular formula is C7H13ClF3NO. The molecule has 1 saturated carbocycles. The summed E-state index contributed by atoms with van der Waals surface area (Å²) in [4.78, 5) is 0. The van der Waals surface area contributed by atoms with Gasteiger partial charge in [-0.2, -0.15) is 0 Å². The van der Waals surface area contributed by atoms with Crippen LogP contribution in [-0.2, 0) is 4.74 Å². The van der Waals surface area contributed by atoms with Crippen molar-refractivity contribution in [1.82, 2.24) is 0 Å². The first-order valence-corrected chi connectivity index (χ1v) is 3.91. The summed E-state index contributed by atoms with van der Waals surface area (Å²) in [5, 5.41) is 0. The predicted octanol–water partition coefficient (Wildman–Crippen LogP) is 2.22. The van der Waals surface area contributed by atoms with Gasteiger partial charge in [-0.25, -0.2) is 0 Å². The van der Waals surface area contributed by atoms with E-state index in [1.165, 1.54) is 0 Å². The highest BCUT2D eigenvalue weighted by molar-refractivity contribution is 5.85. The fraction of sp³-hybridized carbons (Fsp3) is 1.00. The van der Waals surface area contributed by atoms with Crippen LogP contribution in [0.25, 0.3) is 0 Å². The summed E-state index contributed by atoms with van der Waals surface area (Å²) in [5.74, 6) is 0. The molecule has 0 aromatic carbocycles. The van der Waals surface area contributed by atoms with Crippen LogP contribution in [0.3, 0.4) is 0 Å². The second-order valence-corrected chi connectivity index (χ2v) is 3.30. The number of nitrogens with two attached hydrogens (primary N) is 1. The Bertz CT molecular complexity index is 156. The molecule has 1 aliphatic carbocycles. The van der Waals surface area contributed by atoms with Crippen LogP contribution >= 0.6 is 12.4 Å². The van der Waals surface area contributed by atoms with Gasteiger partial charge in [-0.3, -0.25) is 4.74 Å². The van der Waals surface area contributed by atoms with Gasteiger partial charge in [0.15, 0.2) is 0 Å². The van der Waals surface area contributed by atoms with Crippen LogP contribution in [0.2, 0.25) is 0 Å². The topological polar surface area (TPSA) is 35.2 Å². The van der Waals surface area contributed by atoms with E-state index in [1.807, 2.05) is 0 Å². The van der Waals surface area contributed by atoms with Gasteiger partial charge >= 0.3 is 6.36 Å². The molecule has 0 amide bonds. The number of alkyl halides is 3. The molecule has 0 heterocycles. The van der Waals surface area contributed by atoms with Gasteiger partial charge < -0.3 is 5.73 Å². The molecule has 2 N–H and O–H groups in total. The molecular weight excluding hydrogens is 207 g/mol. The van der Waals surface area contributed by atoms with Crippen LogP contribution in [0.4, 0.5) is 13.2 Å². The van der Waals surface area contributed by atoms with Crippen molar-refractivity contribution in [2.45, 2.75) is 37.6 Å². The molecule has 0 unspecified atom stereocenters. The van der Waals surface area contributed by atoms with Crippen molar-refractivity contribution < 1.29 is 17.9 Å². The van der Waals surface area contributed by atoms with E-state index in [1.54, 1.807) is 0 Å². The first-order valence-electron chi connectivity index (χ1n) is 3.91. The molecule has 0 aromatic rings. The average Bonchev–Trinajstić information content (AvgIpc) is 2.32. The van der Waals surface area contributed by atoms with E-state index in [0.29, 0.717) is 12.8 Å². The molecule has 13 heavy (non-hydrogen) atoms. The molecule has 0 spiro atoms. The predicted molar refractivity (Wildman–Crippen MR) is 44.6 cm³/mol. The van der Waals surface area contributed by atoms with Crippen LogP contribution < -0.4 is 5.73 Å². The van der Waals surface area contributed by atoms with Crippen LogP contribution in [0, 0.1) is 0 Å². The summed E-state index contributed by atoms with van der Waals surface area (Å²) < 4.78 is 38.5. The Kier molecular flexibility index (Phi) is 4.48. The van der Waals surface area contributed by atoms with E-state index >= 15 is 0 Å². The Balaban J connectivity index is 0.00000144. The molecule has 0 atom stereocenters. The SMILES string of the molecule is Cl.NC1(COC(F)(F)F)CCCC1. The van der Waals surface area contributed by atoms with Gasteiger partial charge in [-0.15, -0.1) is 25.6 Å². The molecule has 0 bridgehead atoms. The Labute approximate surface area is 81.0 Å². The second kappa shape index (κ2) is 4.48. The Morgan fingerprint density at radius 1 is 1.23 bits per heavy atom. The molecule has 1 fully saturated rings. The molecule has 0 saturated heterocycles. The highest BCUT2D eigenvalue weighted by Crippen LogP contribution is 2.29. The van der Waals surface area contributed by atoms with Crippen molar-refractivity contribution in [2.75, 3.05) is 6.61 Å². The number of hydrogen-bond acceptors (Lipinski definition) is 2. The number of ether oxygens (including phenoxy) is 1. The number of rotatable bonds is 2. The minimum atomic E-state index is -4.55. The summed E-state index contributed by atoms with van der Waals surface area (Å²) in [6, 6.07) is 0. The molecule has 1 aliphatic rings. The monoisotopic (exact) mass is 219 g/mol. The van der Waals surface area contributed by atoms with Crippen LogP contribution in [-0.4, -0.2) is 18.5 Å². The highest BCUT2D eigenvalue weighted by atomic mass is 35.5. The molecule has 0 aliphatic heterocycles. The Morgan fingerprint density at radius 2 is 1.69 bits per heavy atom. The average molecular weight is 220 g/mol. The lowest BCUT2D eigenvalue weighted by Crippen LogP contribution is -2.43. The van der Waals surface area contributed by atoms with Gasteiger partial charge in [0.05, 0.1) is 6.61 Å². The van der Waals surface area contributed by atoms with Crippen molar-refractivity contribution >= 4 is 12.4 Å². The van der Waals surface area contributed by atoms with Crippen LogP contribution in [0.1, 0.15) is 25.7 Å². The normalized spacial score (nSPS) is 21.2. The van der Waals surface area contributed by atoms with Crippen molar-refractivity contribution in [3.63, 3.8) is 0 Å². The lowest BCUT2D eigenvalue weighted by atomic mass is 10.0.